The first-order valence-corrected chi connectivity index (χ1v) is 11.9. The van der Waals surface area contributed by atoms with Crippen LogP contribution in [-0.4, -0.2) is 56.1 Å². The van der Waals surface area contributed by atoms with Crippen molar-refractivity contribution in [3.8, 4) is 0 Å². The molecule has 0 spiro atoms. The lowest BCUT2D eigenvalue weighted by molar-refractivity contribution is -0.160. The van der Waals surface area contributed by atoms with Gasteiger partial charge in [-0.1, -0.05) is 51.1 Å². The molecule has 1 aromatic carbocycles. The van der Waals surface area contributed by atoms with E-state index in [4.69, 9.17) is 9.16 Å². The second kappa shape index (κ2) is 8.29. The Labute approximate surface area is 152 Å². The lowest BCUT2D eigenvalue weighted by Crippen LogP contribution is -2.59. The molecular formula is C19H33NO4Si. The Bertz CT molecular complexity index is 532. The Morgan fingerprint density at radius 2 is 1.80 bits per heavy atom. The van der Waals surface area contributed by atoms with Crippen molar-refractivity contribution in [3.63, 3.8) is 0 Å². The SMILES string of the molecule is CC(C)(C)[Si](C)(C)OCC1OCC(NCc2ccccc2)C(O)C1O. The number of aliphatic hydroxyl groups excluding tert-OH is 2. The average Bonchev–Trinajstić information content (AvgIpc) is 2.55. The van der Waals surface area contributed by atoms with E-state index in [1.54, 1.807) is 0 Å². The molecule has 1 aromatic rings. The van der Waals surface area contributed by atoms with E-state index in [0.29, 0.717) is 19.8 Å². The van der Waals surface area contributed by atoms with Gasteiger partial charge in [-0.25, -0.2) is 0 Å². The van der Waals surface area contributed by atoms with Crippen molar-refractivity contribution >= 4 is 8.32 Å². The first-order chi connectivity index (χ1) is 11.6. The highest BCUT2D eigenvalue weighted by molar-refractivity contribution is 6.74. The third kappa shape index (κ3) is 5.36. The zero-order valence-electron chi connectivity index (χ0n) is 16.0. The minimum Gasteiger partial charge on any atom is -0.414 e. The van der Waals surface area contributed by atoms with Crippen molar-refractivity contribution in [2.24, 2.45) is 0 Å². The average molecular weight is 368 g/mol. The van der Waals surface area contributed by atoms with Crippen molar-refractivity contribution in [2.75, 3.05) is 13.2 Å². The third-order valence-electron chi connectivity index (χ3n) is 5.46. The molecule has 1 saturated heterocycles. The number of benzene rings is 1. The van der Waals surface area contributed by atoms with Gasteiger partial charge in [0.1, 0.15) is 18.3 Å². The molecule has 6 heteroatoms. The minimum absolute atomic E-state index is 0.102. The fraction of sp³-hybridized carbons (Fsp3) is 0.684. The van der Waals surface area contributed by atoms with E-state index in [0.717, 1.165) is 5.56 Å². The molecule has 4 atom stereocenters. The Hall–Kier alpha value is -0.763. The summed E-state index contributed by atoms with van der Waals surface area (Å²) >= 11 is 0. The summed E-state index contributed by atoms with van der Waals surface area (Å²) in [6.45, 7) is 12.2. The molecular weight excluding hydrogens is 334 g/mol. The zero-order valence-corrected chi connectivity index (χ0v) is 17.0. The van der Waals surface area contributed by atoms with Gasteiger partial charge >= 0.3 is 0 Å². The van der Waals surface area contributed by atoms with E-state index >= 15 is 0 Å². The second-order valence-electron chi connectivity index (χ2n) is 8.40. The van der Waals surface area contributed by atoms with E-state index < -0.39 is 26.6 Å². The van der Waals surface area contributed by atoms with Crippen LogP contribution in [0.15, 0.2) is 30.3 Å². The number of nitrogens with one attached hydrogen (secondary N) is 1. The first-order valence-electron chi connectivity index (χ1n) is 9.01. The molecule has 142 valence electrons. The van der Waals surface area contributed by atoms with Crippen molar-refractivity contribution < 1.29 is 19.4 Å². The molecule has 2 rings (SSSR count). The molecule has 0 amide bonds. The van der Waals surface area contributed by atoms with Crippen molar-refractivity contribution in [2.45, 2.75) is 69.8 Å². The lowest BCUT2D eigenvalue weighted by Gasteiger charge is -2.41. The van der Waals surface area contributed by atoms with Crippen LogP contribution in [0.3, 0.4) is 0 Å². The van der Waals surface area contributed by atoms with Crippen LogP contribution in [0.25, 0.3) is 0 Å². The van der Waals surface area contributed by atoms with Crippen LogP contribution in [0.1, 0.15) is 26.3 Å². The summed E-state index contributed by atoms with van der Waals surface area (Å²) in [5.41, 5.74) is 1.13. The molecule has 0 saturated carbocycles. The molecule has 4 unspecified atom stereocenters. The van der Waals surface area contributed by atoms with Crippen LogP contribution in [0.2, 0.25) is 18.1 Å². The highest BCUT2D eigenvalue weighted by Crippen LogP contribution is 2.36. The quantitative estimate of drug-likeness (QED) is 0.673. The molecule has 0 aromatic heterocycles. The van der Waals surface area contributed by atoms with E-state index in [2.05, 4.69) is 39.2 Å². The molecule has 1 aliphatic heterocycles. The van der Waals surface area contributed by atoms with E-state index in [9.17, 15) is 10.2 Å². The first kappa shape index (κ1) is 20.5. The molecule has 3 N–H and O–H groups in total. The largest absolute Gasteiger partial charge is 0.414 e. The lowest BCUT2D eigenvalue weighted by atomic mass is 9.98. The number of aliphatic hydroxyl groups is 2. The fourth-order valence-electron chi connectivity index (χ4n) is 2.56. The van der Waals surface area contributed by atoms with Crippen LogP contribution in [0.5, 0.6) is 0 Å². The smallest absolute Gasteiger partial charge is 0.192 e. The molecule has 1 aliphatic rings. The standard InChI is InChI=1S/C19H33NO4Si/c1-19(2,3)25(4,5)24-13-16-18(22)17(21)15(12-23-16)20-11-14-9-7-6-8-10-14/h6-10,15-18,20-22H,11-13H2,1-5H3. The van der Waals surface area contributed by atoms with E-state index in [1.807, 2.05) is 30.3 Å². The highest BCUT2D eigenvalue weighted by Gasteiger charge is 2.42. The van der Waals surface area contributed by atoms with Gasteiger partial charge in [-0.3, -0.25) is 0 Å². The number of hydrogen-bond donors (Lipinski definition) is 3. The molecule has 0 bridgehead atoms. The molecule has 5 nitrogen and oxygen atoms in total. The summed E-state index contributed by atoms with van der Waals surface area (Å²) in [7, 11) is -1.91. The Morgan fingerprint density at radius 1 is 1.16 bits per heavy atom. The van der Waals surface area contributed by atoms with Crippen LogP contribution >= 0.6 is 0 Å². The van der Waals surface area contributed by atoms with Gasteiger partial charge in [0.25, 0.3) is 0 Å². The Balaban J connectivity index is 1.85. The van der Waals surface area contributed by atoms with Crippen molar-refractivity contribution in [1.82, 2.24) is 5.32 Å². The molecule has 0 aliphatic carbocycles. The summed E-state index contributed by atoms with van der Waals surface area (Å²) in [6, 6.07) is 9.69. The molecule has 1 fully saturated rings. The topological polar surface area (TPSA) is 71.0 Å². The van der Waals surface area contributed by atoms with Crippen LogP contribution in [-0.2, 0) is 15.7 Å². The van der Waals surface area contributed by atoms with Gasteiger partial charge in [0, 0.05) is 6.54 Å². The van der Waals surface area contributed by atoms with E-state index in [-0.39, 0.29) is 11.1 Å². The van der Waals surface area contributed by atoms with Gasteiger partial charge in [-0.05, 0) is 23.7 Å². The van der Waals surface area contributed by atoms with Gasteiger partial charge in [0.2, 0.25) is 0 Å². The molecule has 0 radical (unpaired) electrons. The minimum atomic E-state index is -1.91. The zero-order chi connectivity index (χ0) is 18.7. The summed E-state index contributed by atoms with van der Waals surface area (Å²) in [4.78, 5) is 0. The van der Waals surface area contributed by atoms with Gasteiger partial charge in [-0.2, -0.15) is 0 Å². The predicted octanol–water partition coefficient (Wildman–Crippen LogP) is 2.29. The summed E-state index contributed by atoms with van der Waals surface area (Å²) in [5.74, 6) is 0. The van der Waals surface area contributed by atoms with Gasteiger partial charge < -0.3 is 24.7 Å². The number of hydrogen-bond acceptors (Lipinski definition) is 5. The number of ether oxygens (including phenoxy) is 1. The maximum atomic E-state index is 10.4. The summed E-state index contributed by atoms with van der Waals surface area (Å²) in [5, 5.41) is 24.2. The summed E-state index contributed by atoms with van der Waals surface area (Å²) < 4.78 is 11.9. The molecule has 1 heterocycles. The monoisotopic (exact) mass is 367 g/mol. The van der Waals surface area contributed by atoms with Gasteiger partial charge in [0.15, 0.2) is 8.32 Å². The fourth-order valence-corrected chi connectivity index (χ4v) is 3.57. The van der Waals surface area contributed by atoms with Crippen LogP contribution in [0.4, 0.5) is 0 Å². The van der Waals surface area contributed by atoms with Crippen LogP contribution in [0, 0.1) is 0 Å². The Morgan fingerprint density at radius 3 is 2.40 bits per heavy atom. The van der Waals surface area contributed by atoms with Crippen LogP contribution < -0.4 is 5.32 Å². The van der Waals surface area contributed by atoms with Gasteiger partial charge in [0.05, 0.1) is 19.3 Å². The Kier molecular flexibility index (Phi) is 6.81. The third-order valence-corrected chi connectivity index (χ3v) is 9.96. The maximum Gasteiger partial charge on any atom is 0.192 e. The van der Waals surface area contributed by atoms with Crippen molar-refractivity contribution in [1.29, 1.82) is 0 Å². The maximum absolute atomic E-state index is 10.4. The second-order valence-corrected chi connectivity index (χ2v) is 13.2. The summed E-state index contributed by atoms with van der Waals surface area (Å²) in [6.07, 6.45) is -2.31. The normalized spacial score (nSPS) is 28.1. The molecule has 25 heavy (non-hydrogen) atoms. The van der Waals surface area contributed by atoms with Crippen molar-refractivity contribution in [3.05, 3.63) is 35.9 Å². The number of rotatable bonds is 6. The predicted molar refractivity (Wildman–Crippen MR) is 102 cm³/mol. The van der Waals surface area contributed by atoms with Gasteiger partial charge in [-0.15, -0.1) is 0 Å². The van der Waals surface area contributed by atoms with E-state index in [1.165, 1.54) is 0 Å². The highest BCUT2D eigenvalue weighted by atomic mass is 28.4.